The number of rotatable bonds is 4. The molecule has 13 heavy (non-hydrogen) atoms. The Labute approximate surface area is 86.3 Å². The van der Waals surface area contributed by atoms with Crippen LogP contribution in [0.15, 0.2) is 0 Å². The highest BCUT2D eigenvalue weighted by atomic mass is 32.2. The van der Waals surface area contributed by atoms with E-state index in [1.807, 2.05) is 0 Å². The van der Waals surface area contributed by atoms with Gasteiger partial charge in [-0.3, -0.25) is 0 Å². The van der Waals surface area contributed by atoms with Gasteiger partial charge in [-0.15, -0.1) is 0 Å². The van der Waals surface area contributed by atoms with E-state index in [-0.39, 0.29) is 6.10 Å². The predicted octanol–water partition coefficient (Wildman–Crippen LogP) is 2.93. The fraction of sp³-hybridized carbons (Fsp3) is 1.00. The summed E-state index contributed by atoms with van der Waals surface area (Å²) in [5.74, 6) is 4.04. The molecule has 0 aromatic heterocycles. The highest BCUT2D eigenvalue weighted by molar-refractivity contribution is 7.99. The smallest absolute Gasteiger partial charge is 0.0545 e. The SMILES string of the molecule is CC(C)CC(O)CC1CCSCC1. The van der Waals surface area contributed by atoms with E-state index in [1.165, 1.54) is 24.3 Å². The molecule has 1 nitrogen and oxygen atoms in total. The van der Waals surface area contributed by atoms with Gasteiger partial charge in [-0.05, 0) is 49.0 Å². The Balaban J connectivity index is 2.14. The molecule has 1 rings (SSSR count). The van der Waals surface area contributed by atoms with Crippen molar-refractivity contribution >= 4 is 11.8 Å². The van der Waals surface area contributed by atoms with Crippen LogP contribution in [0.2, 0.25) is 0 Å². The third kappa shape index (κ3) is 4.92. The van der Waals surface area contributed by atoms with Gasteiger partial charge in [0, 0.05) is 0 Å². The molecule has 1 saturated heterocycles. The minimum Gasteiger partial charge on any atom is -0.393 e. The second kappa shape index (κ2) is 5.92. The van der Waals surface area contributed by atoms with Crippen molar-refractivity contribution in [2.75, 3.05) is 11.5 Å². The van der Waals surface area contributed by atoms with Crippen molar-refractivity contribution in [2.24, 2.45) is 11.8 Å². The molecule has 1 fully saturated rings. The Kier molecular flexibility index (Phi) is 5.18. The zero-order valence-electron chi connectivity index (χ0n) is 8.83. The summed E-state index contributed by atoms with van der Waals surface area (Å²) >= 11 is 2.06. The summed E-state index contributed by atoms with van der Waals surface area (Å²) in [5.41, 5.74) is 0. The Morgan fingerprint density at radius 1 is 1.31 bits per heavy atom. The molecule has 1 aliphatic heterocycles. The first-order valence-corrected chi connectivity index (χ1v) is 6.59. The Morgan fingerprint density at radius 3 is 2.46 bits per heavy atom. The molecule has 1 heterocycles. The summed E-state index contributed by atoms with van der Waals surface area (Å²) in [7, 11) is 0. The molecule has 0 aliphatic carbocycles. The molecule has 2 heteroatoms. The molecule has 0 aromatic carbocycles. The van der Waals surface area contributed by atoms with E-state index < -0.39 is 0 Å². The third-order valence-corrected chi connectivity index (χ3v) is 3.74. The molecule has 0 spiro atoms. The second-order valence-electron chi connectivity index (χ2n) is 4.57. The van der Waals surface area contributed by atoms with Crippen molar-refractivity contribution in [1.82, 2.24) is 0 Å². The quantitative estimate of drug-likeness (QED) is 0.756. The molecule has 1 unspecified atom stereocenters. The second-order valence-corrected chi connectivity index (χ2v) is 5.80. The maximum absolute atomic E-state index is 9.77. The monoisotopic (exact) mass is 202 g/mol. The normalized spacial score (nSPS) is 22.2. The van der Waals surface area contributed by atoms with E-state index in [1.54, 1.807) is 0 Å². The molecule has 1 N–H and O–H groups in total. The van der Waals surface area contributed by atoms with Crippen LogP contribution < -0.4 is 0 Å². The van der Waals surface area contributed by atoms with Crippen molar-refractivity contribution in [3.63, 3.8) is 0 Å². The van der Waals surface area contributed by atoms with E-state index in [0.29, 0.717) is 5.92 Å². The van der Waals surface area contributed by atoms with Gasteiger partial charge in [0.1, 0.15) is 0 Å². The van der Waals surface area contributed by atoms with Gasteiger partial charge in [0.05, 0.1) is 6.10 Å². The van der Waals surface area contributed by atoms with E-state index in [4.69, 9.17) is 0 Å². The topological polar surface area (TPSA) is 20.2 Å². The van der Waals surface area contributed by atoms with E-state index in [9.17, 15) is 5.11 Å². The summed E-state index contributed by atoms with van der Waals surface area (Å²) < 4.78 is 0. The first-order chi connectivity index (χ1) is 6.18. The molecule has 0 aromatic rings. The van der Waals surface area contributed by atoms with Gasteiger partial charge in [-0.1, -0.05) is 13.8 Å². The molecule has 0 amide bonds. The van der Waals surface area contributed by atoms with Crippen molar-refractivity contribution < 1.29 is 5.11 Å². The Hall–Kier alpha value is 0.310. The number of hydrogen-bond donors (Lipinski definition) is 1. The van der Waals surface area contributed by atoms with Crippen LogP contribution in [-0.4, -0.2) is 22.7 Å². The molecule has 0 bridgehead atoms. The average molecular weight is 202 g/mol. The molecule has 1 atom stereocenters. The van der Waals surface area contributed by atoms with Crippen molar-refractivity contribution in [1.29, 1.82) is 0 Å². The molecule has 0 saturated carbocycles. The summed E-state index contributed by atoms with van der Waals surface area (Å²) in [6.07, 6.45) is 4.61. The molecule has 78 valence electrons. The Morgan fingerprint density at radius 2 is 1.92 bits per heavy atom. The summed E-state index contributed by atoms with van der Waals surface area (Å²) in [6, 6.07) is 0. The van der Waals surface area contributed by atoms with Gasteiger partial charge in [0.2, 0.25) is 0 Å². The molecule has 1 aliphatic rings. The maximum atomic E-state index is 9.77. The predicted molar refractivity (Wildman–Crippen MR) is 60.1 cm³/mol. The van der Waals surface area contributed by atoms with E-state index >= 15 is 0 Å². The first-order valence-electron chi connectivity index (χ1n) is 5.44. The summed E-state index contributed by atoms with van der Waals surface area (Å²) in [4.78, 5) is 0. The number of aliphatic hydroxyl groups excluding tert-OH is 1. The minimum absolute atomic E-state index is 0.0481. The zero-order chi connectivity index (χ0) is 9.68. The van der Waals surface area contributed by atoms with Crippen LogP contribution >= 0.6 is 11.8 Å². The third-order valence-electron chi connectivity index (χ3n) is 2.69. The lowest BCUT2D eigenvalue weighted by molar-refractivity contribution is 0.117. The number of aliphatic hydroxyl groups is 1. The van der Waals surface area contributed by atoms with Crippen LogP contribution in [0, 0.1) is 11.8 Å². The standard InChI is InChI=1S/C11H22OS/c1-9(2)7-11(12)8-10-3-5-13-6-4-10/h9-12H,3-8H2,1-2H3. The fourth-order valence-corrected chi connectivity index (χ4v) is 3.21. The largest absolute Gasteiger partial charge is 0.393 e. The van der Waals surface area contributed by atoms with Crippen LogP contribution in [0.5, 0.6) is 0 Å². The fourth-order valence-electron chi connectivity index (χ4n) is 2.01. The lowest BCUT2D eigenvalue weighted by Crippen LogP contribution is -2.19. The minimum atomic E-state index is -0.0481. The highest BCUT2D eigenvalue weighted by Crippen LogP contribution is 2.27. The van der Waals surface area contributed by atoms with E-state index in [0.717, 1.165) is 18.8 Å². The Bertz CT molecular complexity index is 130. The summed E-state index contributed by atoms with van der Waals surface area (Å²) in [6.45, 7) is 4.36. The van der Waals surface area contributed by atoms with Crippen LogP contribution in [0.4, 0.5) is 0 Å². The van der Waals surface area contributed by atoms with Crippen molar-refractivity contribution in [3.8, 4) is 0 Å². The van der Waals surface area contributed by atoms with Gasteiger partial charge in [0.15, 0.2) is 0 Å². The van der Waals surface area contributed by atoms with Gasteiger partial charge in [-0.25, -0.2) is 0 Å². The molecular weight excluding hydrogens is 180 g/mol. The lowest BCUT2D eigenvalue weighted by Gasteiger charge is -2.24. The van der Waals surface area contributed by atoms with Gasteiger partial charge in [0.25, 0.3) is 0 Å². The number of thioether (sulfide) groups is 1. The maximum Gasteiger partial charge on any atom is 0.0545 e. The summed E-state index contributed by atoms with van der Waals surface area (Å²) in [5, 5.41) is 9.77. The van der Waals surface area contributed by atoms with Crippen molar-refractivity contribution in [3.05, 3.63) is 0 Å². The molecule has 0 radical (unpaired) electrons. The first kappa shape index (κ1) is 11.4. The van der Waals surface area contributed by atoms with Crippen molar-refractivity contribution in [2.45, 2.75) is 45.6 Å². The van der Waals surface area contributed by atoms with Gasteiger partial charge < -0.3 is 5.11 Å². The average Bonchev–Trinajstić information content (AvgIpc) is 2.04. The van der Waals surface area contributed by atoms with Crippen LogP contribution in [0.1, 0.15) is 39.5 Å². The lowest BCUT2D eigenvalue weighted by atomic mass is 9.92. The van der Waals surface area contributed by atoms with E-state index in [2.05, 4.69) is 25.6 Å². The number of hydrogen-bond acceptors (Lipinski definition) is 2. The van der Waals surface area contributed by atoms with Crippen LogP contribution in [0.25, 0.3) is 0 Å². The van der Waals surface area contributed by atoms with Gasteiger partial charge >= 0.3 is 0 Å². The highest BCUT2D eigenvalue weighted by Gasteiger charge is 2.18. The van der Waals surface area contributed by atoms with Gasteiger partial charge in [-0.2, -0.15) is 11.8 Å². The van der Waals surface area contributed by atoms with Crippen LogP contribution in [0.3, 0.4) is 0 Å². The van der Waals surface area contributed by atoms with Crippen LogP contribution in [-0.2, 0) is 0 Å². The molecular formula is C11H22OS. The zero-order valence-corrected chi connectivity index (χ0v) is 9.65.